The number of aliphatic hydroxyl groups is 1. The van der Waals surface area contributed by atoms with Gasteiger partial charge in [-0.3, -0.25) is 9.69 Å². The summed E-state index contributed by atoms with van der Waals surface area (Å²) in [5.74, 6) is 0.324. The van der Waals surface area contributed by atoms with Crippen molar-refractivity contribution in [2.24, 2.45) is 0 Å². The molecule has 2 rings (SSSR count). The fourth-order valence-electron chi connectivity index (χ4n) is 3.42. The van der Waals surface area contributed by atoms with Gasteiger partial charge in [0.25, 0.3) is 0 Å². The van der Waals surface area contributed by atoms with Crippen LogP contribution in [-0.2, 0) is 9.53 Å². The van der Waals surface area contributed by atoms with Crippen LogP contribution in [0.5, 0.6) is 0 Å². The molecule has 0 bridgehead atoms. The van der Waals surface area contributed by atoms with Crippen molar-refractivity contribution in [1.29, 1.82) is 0 Å². The zero-order valence-electron chi connectivity index (χ0n) is 13.3. The topological polar surface area (TPSA) is 53.0 Å². The molecule has 1 unspecified atom stereocenters. The fraction of sp³-hybridized carbons (Fsp3) is 0.938. The van der Waals surface area contributed by atoms with E-state index in [2.05, 4.69) is 11.8 Å². The average Bonchev–Trinajstić information content (AvgIpc) is 2.55. The molecule has 0 aromatic rings. The summed E-state index contributed by atoms with van der Waals surface area (Å²) in [5, 5.41) is 8.77. The van der Waals surface area contributed by atoms with Gasteiger partial charge in [0.2, 0.25) is 5.91 Å². The van der Waals surface area contributed by atoms with Crippen LogP contribution in [0.1, 0.15) is 45.4 Å². The molecule has 1 amide bonds. The molecule has 122 valence electrons. The van der Waals surface area contributed by atoms with Gasteiger partial charge in [-0.15, -0.1) is 0 Å². The molecule has 5 nitrogen and oxygen atoms in total. The number of amides is 1. The minimum atomic E-state index is 0.107. The summed E-state index contributed by atoms with van der Waals surface area (Å²) < 4.78 is 5.73. The third-order valence-corrected chi connectivity index (χ3v) is 4.71. The van der Waals surface area contributed by atoms with Gasteiger partial charge in [0.15, 0.2) is 0 Å². The minimum Gasteiger partial charge on any atom is -0.396 e. The van der Waals surface area contributed by atoms with Crippen molar-refractivity contribution < 1.29 is 14.6 Å². The number of rotatable bonds is 6. The number of likely N-dealkylation sites (tertiary alicyclic amines) is 2. The van der Waals surface area contributed by atoms with Crippen molar-refractivity contribution in [2.75, 3.05) is 39.4 Å². The van der Waals surface area contributed by atoms with Crippen molar-refractivity contribution >= 4 is 5.91 Å². The molecule has 0 saturated carbocycles. The van der Waals surface area contributed by atoms with E-state index in [1.54, 1.807) is 0 Å². The van der Waals surface area contributed by atoms with Crippen LogP contribution in [0.2, 0.25) is 0 Å². The molecular weight excluding hydrogens is 268 g/mol. The molecule has 2 heterocycles. The van der Waals surface area contributed by atoms with E-state index in [9.17, 15) is 4.79 Å². The molecule has 21 heavy (non-hydrogen) atoms. The number of carbonyl (C=O) groups excluding carboxylic acids is 1. The van der Waals surface area contributed by atoms with Gasteiger partial charge in [0.1, 0.15) is 0 Å². The molecule has 0 radical (unpaired) electrons. The second-order valence-corrected chi connectivity index (χ2v) is 6.11. The van der Waals surface area contributed by atoms with Crippen molar-refractivity contribution in [3.63, 3.8) is 0 Å². The van der Waals surface area contributed by atoms with Gasteiger partial charge in [-0.2, -0.15) is 0 Å². The van der Waals surface area contributed by atoms with Crippen LogP contribution >= 0.6 is 0 Å². The van der Waals surface area contributed by atoms with Crippen LogP contribution in [-0.4, -0.2) is 72.4 Å². The lowest BCUT2D eigenvalue weighted by Gasteiger charge is -2.39. The Morgan fingerprint density at radius 1 is 1.19 bits per heavy atom. The molecule has 2 aliphatic rings. The van der Waals surface area contributed by atoms with Crippen LogP contribution in [0.3, 0.4) is 0 Å². The second-order valence-electron chi connectivity index (χ2n) is 6.11. The van der Waals surface area contributed by atoms with Gasteiger partial charge < -0.3 is 14.7 Å². The summed E-state index contributed by atoms with van der Waals surface area (Å²) in [5.41, 5.74) is 0. The zero-order valence-corrected chi connectivity index (χ0v) is 13.3. The maximum Gasteiger partial charge on any atom is 0.239 e. The van der Waals surface area contributed by atoms with Crippen LogP contribution in [0, 0.1) is 0 Å². The van der Waals surface area contributed by atoms with Gasteiger partial charge in [-0.1, -0.05) is 13.3 Å². The van der Waals surface area contributed by atoms with Crippen molar-refractivity contribution in [3.8, 4) is 0 Å². The summed E-state index contributed by atoms with van der Waals surface area (Å²) in [6.45, 7) is 6.62. The summed E-state index contributed by atoms with van der Waals surface area (Å²) >= 11 is 0. The lowest BCUT2D eigenvalue weighted by molar-refractivity contribution is -0.140. The standard InChI is InChI=1S/C16H30N2O3/c1-2-17-9-4-3-6-15(17)16(20)18-10-7-14(8-11-18)21-13-5-12-19/h14-15,19H,2-13H2,1H3. The maximum absolute atomic E-state index is 12.7. The van der Waals surface area contributed by atoms with Crippen LogP contribution < -0.4 is 0 Å². The van der Waals surface area contributed by atoms with Gasteiger partial charge >= 0.3 is 0 Å². The minimum absolute atomic E-state index is 0.107. The molecule has 2 aliphatic heterocycles. The molecule has 0 aromatic carbocycles. The van der Waals surface area contributed by atoms with Gasteiger partial charge in [-0.05, 0) is 45.2 Å². The third-order valence-electron chi connectivity index (χ3n) is 4.71. The third kappa shape index (κ3) is 4.66. The van der Waals surface area contributed by atoms with Crippen LogP contribution in [0.4, 0.5) is 0 Å². The molecule has 0 aromatic heterocycles. The Bertz CT molecular complexity index is 317. The van der Waals surface area contributed by atoms with Gasteiger partial charge in [-0.25, -0.2) is 0 Å². The van der Waals surface area contributed by atoms with E-state index in [0.717, 1.165) is 45.4 Å². The van der Waals surface area contributed by atoms with E-state index in [1.165, 1.54) is 12.8 Å². The van der Waals surface area contributed by atoms with Crippen molar-refractivity contribution in [2.45, 2.75) is 57.6 Å². The summed E-state index contributed by atoms with van der Waals surface area (Å²) in [4.78, 5) is 17.1. The Morgan fingerprint density at radius 3 is 2.62 bits per heavy atom. The molecule has 5 heteroatoms. The number of hydrogen-bond donors (Lipinski definition) is 1. The first-order valence-corrected chi connectivity index (χ1v) is 8.51. The number of likely N-dealkylation sites (N-methyl/N-ethyl adjacent to an activating group) is 1. The number of aliphatic hydroxyl groups excluding tert-OH is 1. The molecule has 2 fully saturated rings. The Morgan fingerprint density at radius 2 is 1.95 bits per heavy atom. The van der Waals surface area contributed by atoms with E-state index < -0.39 is 0 Å². The highest BCUT2D eigenvalue weighted by Gasteiger charge is 2.32. The predicted molar refractivity (Wildman–Crippen MR) is 82.1 cm³/mol. The molecule has 2 saturated heterocycles. The Hall–Kier alpha value is -0.650. The van der Waals surface area contributed by atoms with E-state index in [0.29, 0.717) is 18.9 Å². The molecule has 0 spiro atoms. The monoisotopic (exact) mass is 298 g/mol. The number of hydrogen-bond acceptors (Lipinski definition) is 4. The SMILES string of the molecule is CCN1CCCCC1C(=O)N1CCC(OCCCO)CC1. The van der Waals surface area contributed by atoms with Crippen molar-refractivity contribution in [1.82, 2.24) is 9.80 Å². The summed E-state index contributed by atoms with van der Waals surface area (Å²) in [6, 6.07) is 0.107. The molecule has 1 atom stereocenters. The quantitative estimate of drug-likeness (QED) is 0.750. The van der Waals surface area contributed by atoms with Gasteiger partial charge in [0, 0.05) is 26.3 Å². The van der Waals surface area contributed by atoms with E-state index in [4.69, 9.17) is 9.84 Å². The average molecular weight is 298 g/mol. The normalized spacial score (nSPS) is 25.2. The Labute approximate surface area is 128 Å². The smallest absolute Gasteiger partial charge is 0.239 e. The highest BCUT2D eigenvalue weighted by atomic mass is 16.5. The van der Waals surface area contributed by atoms with E-state index in [-0.39, 0.29) is 18.8 Å². The Kier molecular flexibility index (Phi) is 6.93. The summed E-state index contributed by atoms with van der Waals surface area (Å²) in [6.07, 6.45) is 6.22. The number of carbonyl (C=O) groups is 1. The Balaban J connectivity index is 1.77. The fourth-order valence-corrected chi connectivity index (χ4v) is 3.42. The lowest BCUT2D eigenvalue weighted by Crippen LogP contribution is -2.53. The van der Waals surface area contributed by atoms with Gasteiger partial charge in [0.05, 0.1) is 12.1 Å². The van der Waals surface area contributed by atoms with E-state index in [1.807, 2.05) is 4.90 Å². The highest BCUT2D eigenvalue weighted by molar-refractivity contribution is 5.82. The van der Waals surface area contributed by atoms with E-state index >= 15 is 0 Å². The molecule has 0 aliphatic carbocycles. The second kappa shape index (κ2) is 8.71. The molecular formula is C16H30N2O3. The number of ether oxygens (including phenoxy) is 1. The lowest BCUT2D eigenvalue weighted by atomic mass is 9.99. The van der Waals surface area contributed by atoms with Crippen LogP contribution in [0.15, 0.2) is 0 Å². The highest BCUT2D eigenvalue weighted by Crippen LogP contribution is 2.21. The first kappa shape index (κ1) is 16.7. The first-order chi connectivity index (χ1) is 10.3. The molecule has 1 N–H and O–H groups in total. The summed E-state index contributed by atoms with van der Waals surface area (Å²) in [7, 11) is 0. The number of piperidine rings is 2. The number of nitrogens with zero attached hydrogens (tertiary/aromatic N) is 2. The van der Waals surface area contributed by atoms with Crippen molar-refractivity contribution in [3.05, 3.63) is 0 Å². The predicted octanol–water partition coefficient (Wildman–Crippen LogP) is 1.25. The largest absolute Gasteiger partial charge is 0.396 e. The first-order valence-electron chi connectivity index (χ1n) is 8.51. The zero-order chi connectivity index (χ0) is 15.1. The maximum atomic E-state index is 12.7. The van der Waals surface area contributed by atoms with Crippen LogP contribution in [0.25, 0.3) is 0 Å².